The Kier molecular flexibility index (Phi) is 8.81. The molecule has 190 valence electrons. The van der Waals surface area contributed by atoms with E-state index in [4.69, 9.17) is 5.73 Å². The Morgan fingerprint density at radius 1 is 1.18 bits per heavy atom. The number of carbonyl (C=O) groups excluding carboxylic acids is 1. The van der Waals surface area contributed by atoms with Crippen molar-refractivity contribution in [1.29, 1.82) is 0 Å². The Morgan fingerprint density at radius 3 is 2.65 bits per heavy atom. The number of nitrogens with zero attached hydrogens (tertiary/aromatic N) is 3. The molecule has 3 N–H and O–H groups in total. The van der Waals surface area contributed by atoms with Crippen LogP contribution < -0.4 is 11.1 Å². The number of nitrogens with one attached hydrogen (secondary N) is 1. The molecule has 3 fully saturated rings. The SMILES string of the molecule is CCC1=CC(C(=O)N2CCCCC[C@H]2C)=N/C(=C/C(N)C2CCC(N3CCCCC3)CC2F)N1. The molecule has 3 aliphatic heterocycles. The first-order valence-corrected chi connectivity index (χ1v) is 13.7. The molecule has 0 aromatic rings. The van der Waals surface area contributed by atoms with Crippen LogP contribution in [0.2, 0.25) is 0 Å². The number of hydrogen-bond acceptors (Lipinski definition) is 5. The van der Waals surface area contributed by atoms with E-state index in [9.17, 15) is 4.79 Å². The van der Waals surface area contributed by atoms with Crippen LogP contribution in [0, 0.1) is 5.92 Å². The van der Waals surface area contributed by atoms with E-state index in [0.29, 0.717) is 24.0 Å². The predicted molar refractivity (Wildman–Crippen MR) is 136 cm³/mol. The molecule has 0 bridgehead atoms. The van der Waals surface area contributed by atoms with Gasteiger partial charge in [-0.05, 0) is 83.5 Å². The van der Waals surface area contributed by atoms with Crippen LogP contribution in [-0.4, -0.2) is 65.4 Å². The summed E-state index contributed by atoms with van der Waals surface area (Å²) in [6.07, 6.45) is 14.1. The second kappa shape index (κ2) is 11.8. The molecule has 6 nitrogen and oxygen atoms in total. The van der Waals surface area contributed by atoms with Crippen molar-refractivity contribution in [3.05, 3.63) is 23.7 Å². The second-order valence-electron chi connectivity index (χ2n) is 10.7. The highest BCUT2D eigenvalue weighted by atomic mass is 19.1. The number of alkyl halides is 1. The first-order valence-electron chi connectivity index (χ1n) is 13.7. The van der Waals surface area contributed by atoms with Gasteiger partial charge in [-0.1, -0.05) is 26.2 Å². The maximum absolute atomic E-state index is 15.3. The molecule has 4 aliphatic rings. The molecular weight excluding hydrogens is 429 g/mol. The number of nitrogens with two attached hydrogens (primary N) is 1. The molecule has 1 aliphatic carbocycles. The molecule has 7 heteroatoms. The van der Waals surface area contributed by atoms with E-state index in [1.807, 2.05) is 17.1 Å². The molecule has 0 spiro atoms. The van der Waals surface area contributed by atoms with Gasteiger partial charge in [0.15, 0.2) is 0 Å². The fourth-order valence-corrected chi connectivity index (χ4v) is 6.13. The van der Waals surface area contributed by atoms with Crippen molar-refractivity contribution >= 4 is 11.6 Å². The van der Waals surface area contributed by atoms with Crippen LogP contribution in [0.5, 0.6) is 0 Å². The zero-order chi connectivity index (χ0) is 24.1. The zero-order valence-corrected chi connectivity index (χ0v) is 21.1. The summed E-state index contributed by atoms with van der Waals surface area (Å²) >= 11 is 0. The van der Waals surface area contributed by atoms with Gasteiger partial charge < -0.3 is 20.9 Å². The Morgan fingerprint density at radius 2 is 1.91 bits per heavy atom. The third-order valence-electron chi connectivity index (χ3n) is 8.30. The summed E-state index contributed by atoms with van der Waals surface area (Å²) in [7, 11) is 0. The van der Waals surface area contributed by atoms with Crippen LogP contribution in [0.3, 0.4) is 0 Å². The van der Waals surface area contributed by atoms with Gasteiger partial charge >= 0.3 is 0 Å². The quantitative estimate of drug-likeness (QED) is 0.625. The number of carbonyl (C=O) groups is 1. The van der Waals surface area contributed by atoms with Crippen LogP contribution >= 0.6 is 0 Å². The number of halogens is 1. The lowest BCUT2D eigenvalue weighted by molar-refractivity contribution is -0.125. The Bertz CT molecular complexity index is 803. The van der Waals surface area contributed by atoms with E-state index >= 15 is 4.39 Å². The Hall–Kier alpha value is -1.73. The standard InChI is InChI=1S/C27H44FN5O/c1-3-20-16-25(27(34)33-15-9-4-6-10-19(33)2)31-26(30-20)18-24(29)22-12-11-21(17-23(22)28)32-13-7-5-8-14-32/h16,18-19,21-24,30H,3-15,17,29H2,1-2H3/b26-18+/t19-,21?,22?,23?,24?/m1/s1. The van der Waals surface area contributed by atoms with Crippen molar-refractivity contribution in [2.45, 2.75) is 109 Å². The smallest absolute Gasteiger partial charge is 0.272 e. The molecule has 1 amide bonds. The second-order valence-corrected chi connectivity index (χ2v) is 10.7. The Balaban J connectivity index is 1.44. The summed E-state index contributed by atoms with van der Waals surface area (Å²) in [5, 5.41) is 3.31. The van der Waals surface area contributed by atoms with Crippen molar-refractivity contribution in [2.75, 3.05) is 19.6 Å². The number of piperidine rings is 1. The van der Waals surface area contributed by atoms with E-state index in [1.54, 1.807) is 0 Å². The summed E-state index contributed by atoms with van der Waals surface area (Å²) in [5.41, 5.74) is 7.95. The normalized spacial score (nSPS) is 33.5. The first-order chi connectivity index (χ1) is 16.5. The monoisotopic (exact) mass is 473 g/mol. The van der Waals surface area contributed by atoms with E-state index in [0.717, 1.165) is 57.4 Å². The summed E-state index contributed by atoms with van der Waals surface area (Å²) < 4.78 is 15.3. The maximum atomic E-state index is 15.3. The molecule has 2 saturated heterocycles. The average molecular weight is 474 g/mol. The molecular formula is C27H44FN5O. The molecule has 0 aromatic carbocycles. The van der Waals surface area contributed by atoms with Gasteiger partial charge in [-0.25, -0.2) is 9.38 Å². The number of likely N-dealkylation sites (tertiary alicyclic amines) is 2. The van der Waals surface area contributed by atoms with Crippen LogP contribution in [-0.2, 0) is 4.79 Å². The number of aliphatic imine (C=N–C) groups is 1. The molecule has 1 saturated carbocycles. The van der Waals surface area contributed by atoms with Crippen molar-refractivity contribution in [1.82, 2.24) is 15.1 Å². The van der Waals surface area contributed by atoms with E-state index in [2.05, 4.69) is 29.1 Å². The number of amides is 1. The fraction of sp³-hybridized carbons (Fsp3) is 0.778. The topological polar surface area (TPSA) is 74.0 Å². The van der Waals surface area contributed by atoms with E-state index in [1.165, 1.54) is 32.1 Å². The van der Waals surface area contributed by atoms with Crippen LogP contribution in [0.15, 0.2) is 28.7 Å². The van der Waals surface area contributed by atoms with Gasteiger partial charge in [0.05, 0.1) is 0 Å². The minimum absolute atomic E-state index is 0.00766. The van der Waals surface area contributed by atoms with Crippen LogP contribution in [0.1, 0.15) is 84.5 Å². The van der Waals surface area contributed by atoms with Gasteiger partial charge in [0.25, 0.3) is 5.91 Å². The van der Waals surface area contributed by atoms with Crippen molar-refractivity contribution in [3.63, 3.8) is 0 Å². The van der Waals surface area contributed by atoms with Gasteiger partial charge in [0.2, 0.25) is 0 Å². The molecule has 5 atom stereocenters. The predicted octanol–water partition coefficient (Wildman–Crippen LogP) is 4.28. The number of allylic oxidation sites excluding steroid dienone is 1. The summed E-state index contributed by atoms with van der Waals surface area (Å²) in [6, 6.07) is 0.156. The molecule has 4 unspecified atom stereocenters. The molecule has 4 rings (SSSR count). The van der Waals surface area contributed by atoms with Crippen molar-refractivity contribution in [3.8, 4) is 0 Å². The highest BCUT2D eigenvalue weighted by molar-refractivity contribution is 6.43. The highest BCUT2D eigenvalue weighted by Gasteiger charge is 2.36. The van der Waals surface area contributed by atoms with Gasteiger partial charge in [0.1, 0.15) is 17.7 Å². The summed E-state index contributed by atoms with van der Waals surface area (Å²) in [5.74, 6) is 0.376. The van der Waals surface area contributed by atoms with E-state index in [-0.39, 0.29) is 17.9 Å². The minimum Gasteiger partial charge on any atom is -0.344 e. The van der Waals surface area contributed by atoms with Crippen LogP contribution in [0.4, 0.5) is 4.39 Å². The lowest BCUT2D eigenvalue weighted by atomic mass is 9.79. The van der Waals surface area contributed by atoms with Crippen molar-refractivity contribution < 1.29 is 9.18 Å². The third-order valence-corrected chi connectivity index (χ3v) is 8.30. The van der Waals surface area contributed by atoms with Gasteiger partial charge in [-0.2, -0.15) is 0 Å². The van der Waals surface area contributed by atoms with E-state index < -0.39 is 12.2 Å². The molecule has 34 heavy (non-hydrogen) atoms. The van der Waals surface area contributed by atoms with Gasteiger partial charge in [-0.15, -0.1) is 0 Å². The van der Waals surface area contributed by atoms with Gasteiger partial charge in [0, 0.05) is 36.3 Å². The fourth-order valence-electron chi connectivity index (χ4n) is 6.13. The first kappa shape index (κ1) is 25.4. The molecule has 0 aromatic heterocycles. The maximum Gasteiger partial charge on any atom is 0.272 e. The van der Waals surface area contributed by atoms with Crippen molar-refractivity contribution in [2.24, 2.45) is 16.6 Å². The Labute approximate surface area is 204 Å². The summed E-state index contributed by atoms with van der Waals surface area (Å²) in [4.78, 5) is 22.5. The molecule has 0 radical (unpaired) electrons. The highest BCUT2D eigenvalue weighted by Crippen LogP contribution is 2.33. The minimum atomic E-state index is -0.902. The third kappa shape index (κ3) is 6.09. The van der Waals surface area contributed by atoms with Crippen LogP contribution in [0.25, 0.3) is 0 Å². The molecule has 3 heterocycles. The largest absolute Gasteiger partial charge is 0.344 e. The lowest BCUT2D eigenvalue weighted by Crippen LogP contribution is -2.47. The number of rotatable bonds is 5. The lowest BCUT2D eigenvalue weighted by Gasteiger charge is -2.41. The zero-order valence-electron chi connectivity index (χ0n) is 21.1. The van der Waals surface area contributed by atoms with Gasteiger partial charge in [-0.3, -0.25) is 4.79 Å². The number of hydrogen-bond donors (Lipinski definition) is 2. The average Bonchev–Trinajstić information content (AvgIpc) is 3.07. The summed E-state index contributed by atoms with van der Waals surface area (Å²) in [6.45, 7) is 7.18.